The average molecular weight is 365 g/mol. The number of benzene rings is 2. The van der Waals surface area contributed by atoms with E-state index in [0.29, 0.717) is 43.3 Å². The maximum atomic E-state index is 13.7. The molecule has 0 saturated heterocycles. The van der Waals surface area contributed by atoms with E-state index in [1.165, 1.54) is 0 Å². The van der Waals surface area contributed by atoms with Gasteiger partial charge in [0.05, 0.1) is 13.2 Å². The molecule has 0 radical (unpaired) electrons. The Morgan fingerprint density at radius 3 is 2.42 bits per heavy atom. The van der Waals surface area contributed by atoms with E-state index in [4.69, 9.17) is 9.47 Å². The number of aromatic hydroxyl groups is 1. The molecule has 0 spiro atoms. The molecule has 2 aromatic rings. The van der Waals surface area contributed by atoms with Crippen LogP contribution < -0.4 is 14.8 Å². The van der Waals surface area contributed by atoms with Crippen molar-refractivity contribution in [3.8, 4) is 17.2 Å². The summed E-state index contributed by atoms with van der Waals surface area (Å²) in [5.74, 6) is -2.36. The SMILES string of the molecule is CCOc1ccc(CCNC(=O)c2c(O)cc(F)cc2F)cc1OCC. The van der Waals surface area contributed by atoms with Crippen LogP contribution in [0.1, 0.15) is 29.8 Å². The fourth-order valence-electron chi connectivity index (χ4n) is 2.44. The number of hydrogen-bond acceptors (Lipinski definition) is 4. The van der Waals surface area contributed by atoms with Crippen LogP contribution in [0.25, 0.3) is 0 Å². The van der Waals surface area contributed by atoms with Crippen LogP contribution >= 0.6 is 0 Å². The Kier molecular flexibility index (Phi) is 6.77. The van der Waals surface area contributed by atoms with Crippen LogP contribution in [0.15, 0.2) is 30.3 Å². The molecule has 0 atom stereocenters. The zero-order valence-corrected chi connectivity index (χ0v) is 14.6. The average Bonchev–Trinajstić information content (AvgIpc) is 2.56. The highest BCUT2D eigenvalue weighted by Crippen LogP contribution is 2.28. The van der Waals surface area contributed by atoms with E-state index >= 15 is 0 Å². The summed E-state index contributed by atoms with van der Waals surface area (Å²) < 4.78 is 37.7. The van der Waals surface area contributed by atoms with Crippen molar-refractivity contribution in [1.29, 1.82) is 0 Å². The summed E-state index contributed by atoms with van der Waals surface area (Å²) in [5, 5.41) is 12.1. The van der Waals surface area contributed by atoms with Gasteiger partial charge in [0.15, 0.2) is 11.5 Å². The van der Waals surface area contributed by atoms with Gasteiger partial charge >= 0.3 is 0 Å². The van der Waals surface area contributed by atoms with E-state index in [-0.39, 0.29) is 6.54 Å². The number of ether oxygens (including phenoxy) is 2. The zero-order chi connectivity index (χ0) is 19.1. The van der Waals surface area contributed by atoms with Crippen molar-refractivity contribution in [2.24, 2.45) is 0 Å². The first-order chi connectivity index (χ1) is 12.5. The van der Waals surface area contributed by atoms with Crippen molar-refractivity contribution in [2.75, 3.05) is 19.8 Å². The van der Waals surface area contributed by atoms with Crippen molar-refractivity contribution in [3.63, 3.8) is 0 Å². The minimum Gasteiger partial charge on any atom is -0.507 e. The predicted octanol–water partition coefficient (Wildman–Crippen LogP) is 3.44. The molecule has 5 nitrogen and oxygen atoms in total. The predicted molar refractivity (Wildman–Crippen MR) is 92.8 cm³/mol. The lowest BCUT2D eigenvalue weighted by Gasteiger charge is -2.13. The van der Waals surface area contributed by atoms with Gasteiger partial charge in [0.1, 0.15) is 22.9 Å². The van der Waals surface area contributed by atoms with Crippen molar-refractivity contribution in [2.45, 2.75) is 20.3 Å². The standard InChI is InChI=1S/C19H21F2NO4/c1-3-25-16-6-5-12(9-17(16)26-4-2)7-8-22-19(24)18-14(21)10-13(20)11-15(18)23/h5-6,9-11,23H,3-4,7-8H2,1-2H3,(H,22,24). The van der Waals surface area contributed by atoms with Gasteiger partial charge < -0.3 is 19.9 Å². The quantitative estimate of drug-likeness (QED) is 0.752. The van der Waals surface area contributed by atoms with E-state index < -0.39 is 28.9 Å². The third kappa shape index (κ3) is 4.84. The fraction of sp³-hybridized carbons (Fsp3) is 0.316. The number of carbonyl (C=O) groups excluding carboxylic acids is 1. The first kappa shape index (κ1) is 19.5. The third-order valence-corrected chi connectivity index (χ3v) is 3.57. The normalized spacial score (nSPS) is 10.5. The minimum absolute atomic E-state index is 0.203. The molecule has 2 aromatic carbocycles. The van der Waals surface area contributed by atoms with Gasteiger partial charge in [-0.1, -0.05) is 6.07 Å². The Balaban J connectivity index is 2.01. The monoisotopic (exact) mass is 365 g/mol. The van der Waals surface area contributed by atoms with E-state index in [2.05, 4.69) is 5.32 Å². The third-order valence-electron chi connectivity index (χ3n) is 3.57. The Labute approximate surface area is 150 Å². The van der Waals surface area contributed by atoms with E-state index in [1.807, 2.05) is 26.0 Å². The lowest BCUT2D eigenvalue weighted by atomic mass is 10.1. The summed E-state index contributed by atoms with van der Waals surface area (Å²) in [6.07, 6.45) is 0.460. The smallest absolute Gasteiger partial charge is 0.258 e. The molecule has 7 heteroatoms. The van der Waals surface area contributed by atoms with Crippen LogP contribution in [0.3, 0.4) is 0 Å². The number of nitrogens with one attached hydrogen (secondary N) is 1. The molecular formula is C19H21F2NO4. The number of rotatable bonds is 8. The highest BCUT2D eigenvalue weighted by Gasteiger charge is 2.18. The summed E-state index contributed by atoms with van der Waals surface area (Å²) in [6, 6.07) is 6.69. The Morgan fingerprint density at radius 1 is 1.08 bits per heavy atom. The van der Waals surface area contributed by atoms with Gasteiger partial charge in [-0.25, -0.2) is 8.78 Å². The molecule has 2 N–H and O–H groups in total. The Bertz CT molecular complexity index is 757. The Hall–Kier alpha value is -2.83. The molecule has 1 amide bonds. The van der Waals surface area contributed by atoms with E-state index in [0.717, 1.165) is 5.56 Å². The molecular weight excluding hydrogens is 344 g/mol. The number of amides is 1. The van der Waals surface area contributed by atoms with Gasteiger partial charge in [0.25, 0.3) is 5.91 Å². The van der Waals surface area contributed by atoms with Crippen molar-refractivity contribution < 1.29 is 28.2 Å². The number of hydrogen-bond donors (Lipinski definition) is 2. The van der Waals surface area contributed by atoms with Crippen LogP contribution in [0.4, 0.5) is 8.78 Å². The molecule has 0 aromatic heterocycles. The summed E-state index contributed by atoms with van der Waals surface area (Å²) in [7, 11) is 0. The highest BCUT2D eigenvalue weighted by atomic mass is 19.1. The van der Waals surface area contributed by atoms with Gasteiger partial charge in [-0.2, -0.15) is 0 Å². The van der Waals surface area contributed by atoms with Crippen LogP contribution in [-0.2, 0) is 6.42 Å². The second kappa shape index (κ2) is 9.03. The van der Waals surface area contributed by atoms with Crippen LogP contribution in [0.2, 0.25) is 0 Å². The molecule has 0 aliphatic rings. The lowest BCUT2D eigenvalue weighted by molar-refractivity contribution is 0.0947. The van der Waals surface area contributed by atoms with Crippen LogP contribution in [-0.4, -0.2) is 30.8 Å². The minimum atomic E-state index is -1.11. The largest absolute Gasteiger partial charge is 0.507 e. The number of phenolic OH excluding ortho intramolecular Hbond substituents is 1. The van der Waals surface area contributed by atoms with Gasteiger partial charge in [0, 0.05) is 18.7 Å². The molecule has 140 valence electrons. The van der Waals surface area contributed by atoms with Crippen molar-refractivity contribution >= 4 is 5.91 Å². The number of halogens is 2. The van der Waals surface area contributed by atoms with Gasteiger partial charge in [-0.3, -0.25) is 4.79 Å². The first-order valence-corrected chi connectivity index (χ1v) is 8.31. The van der Waals surface area contributed by atoms with Crippen molar-refractivity contribution in [3.05, 3.63) is 53.1 Å². The molecule has 2 rings (SSSR count). The fourth-order valence-corrected chi connectivity index (χ4v) is 2.44. The Morgan fingerprint density at radius 2 is 1.77 bits per heavy atom. The zero-order valence-electron chi connectivity index (χ0n) is 14.6. The molecule has 0 bridgehead atoms. The van der Waals surface area contributed by atoms with Gasteiger partial charge in [-0.05, 0) is 38.0 Å². The molecule has 0 unspecified atom stereocenters. The van der Waals surface area contributed by atoms with E-state index in [9.17, 15) is 18.7 Å². The lowest BCUT2D eigenvalue weighted by Crippen LogP contribution is -2.26. The topological polar surface area (TPSA) is 67.8 Å². The highest BCUT2D eigenvalue weighted by molar-refractivity contribution is 5.97. The van der Waals surface area contributed by atoms with E-state index in [1.54, 1.807) is 6.07 Å². The second-order valence-electron chi connectivity index (χ2n) is 5.43. The van der Waals surface area contributed by atoms with Crippen molar-refractivity contribution in [1.82, 2.24) is 5.32 Å². The summed E-state index contributed by atoms with van der Waals surface area (Å²) in [4.78, 5) is 12.0. The van der Waals surface area contributed by atoms with Gasteiger partial charge in [-0.15, -0.1) is 0 Å². The maximum absolute atomic E-state index is 13.7. The van der Waals surface area contributed by atoms with Gasteiger partial charge in [0.2, 0.25) is 0 Å². The first-order valence-electron chi connectivity index (χ1n) is 8.31. The molecule has 0 aliphatic heterocycles. The molecule has 0 heterocycles. The molecule has 26 heavy (non-hydrogen) atoms. The summed E-state index contributed by atoms with van der Waals surface area (Å²) in [6.45, 7) is 4.95. The number of phenols is 1. The summed E-state index contributed by atoms with van der Waals surface area (Å²) in [5.41, 5.74) is 0.314. The molecule has 0 fully saturated rings. The van der Waals surface area contributed by atoms with Crippen LogP contribution in [0.5, 0.6) is 17.2 Å². The second-order valence-corrected chi connectivity index (χ2v) is 5.43. The maximum Gasteiger partial charge on any atom is 0.258 e. The molecule has 0 saturated carbocycles. The number of carbonyl (C=O) groups is 1. The summed E-state index contributed by atoms with van der Waals surface area (Å²) >= 11 is 0. The van der Waals surface area contributed by atoms with Crippen LogP contribution in [0, 0.1) is 11.6 Å². The molecule has 0 aliphatic carbocycles.